The van der Waals surface area contributed by atoms with E-state index in [1.807, 2.05) is 0 Å². The maximum absolute atomic E-state index is 12.2. The Balaban J connectivity index is 0.000000305. The summed E-state index contributed by atoms with van der Waals surface area (Å²) >= 11 is 0. The molecule has 0 bridgehead atoms. The van der Waals surface area contributed by atoms with Gasteiger partial charge in [-0.3, -0.25) is 0 Å². The van der Waals surface area contributed by atoms with Crippen molar-refractivity contribution >= 4 is 6.09 Å². The van der Waals surface area contributed by atoms with Gasteiger partial charge >= 0.3 is 6.09 Å². The lowest BCUT2D eigenvalue weighted by Crippen LogP contribution is -2.27. The monoisotopic (exact) mass is 303 g/mol. The minimum absolute atomic E-state index is 0.453. The molecule has 4 nitrogen and oxygen atoms in total. The third-order valence-corrected chi connectivity index (χ3v) is 1.91. The zero-order chi connectivity index (χ0) is 16.6. The molecule has 1 amide bonds. The van der Waals surface area contributed by atoms with Gasteiger partial charge in [0.1, 0.15) is 17.2 Å². The normalized spacial score (nSPS) is 15.9. The second kappa shape index (κ2) is 8.56. The third-order valence-electron chi connectivity index (χ3n) is 1.91. The van der Waals surface area contributed by atoms with Gasteiger partial charge in [-0.1, -0.05) is 0 Å². The average molecular weight is 303 g/mol. The molecule has 0 spiro atoms. The zero-order valence-electron chi connectivity index (χ0n) is 13.1. The fourth-order valence-corrected chi connectivity index (χ4v) is 1.09. The Bertz CT molecular complexity index is 404. The molecule has 1 aliphatic rings. The molecule has 1 atom stereocenters. The number of benzene rings is 1. The molecule has 6 heteroatoms. The first-order valence-corrected chi connectivity index (χ1v) is 6.52. The molecular weight excluding hydrogens is 280 g/mol. The first-order valence-electron chi connectivity index (χ1n) is 6.52. The number of rotatable bonds is 0. The van der Waals surface area contributed by atoms with Crippen molar-refractivity contribution in [3.05, 3.63) is 35.4 Å². The van der Waals surface area contributed by atoms with Crippen molar-refractivity contribution in [1.82, 2.24) is 0 Å². The van der Waals surface area contributed by atoms with Crippen molar-refractivity contribution in [3.8, 4) is 0 Å². The molecule has 120 valence electrons. The molecule has 0 radical (unpaired) electrons. The summed E-state index contributed by atoms with van der Waals surface area (Å²) in [6, 6.07) is 3.42. The molecule has 2 N–H and O–H groups in total. The van der Waals surface area contributed by atoms with E-state index in [1.165, 1.54) is 12.1 Å². The number of epoxide rings is 1. The Morgan fingerprint density at radius 1 is 1.29 bits per heavy atom. The minimum atomic E-state index is -0.725. The molecule has 21 heavy (non-hydrogen) atoms. The fourth-order valence-electron chi connectivity index (χ4n) is 1.09. The summed E-state index contributed by atoms with van der Waals surface area (Å²) in [6.45, 7) is 9.97. The molecule has 1 aromatic rings. The molecule has 2 rings (SSSR count). The largest absolute Gasteiger partial charge is 0.444 e. The van der Waals surface area contributed by atoms with E-state index in [0.29, 0.717) is 11.7 Å². The van der Waals surface area contributed by atoms with Crippen LogP contribution in [0.2, 0.25) is 0 Å². The van der Waals surface area contributed by atoms with Gasteiger partial charge in [0, 0.05) is 6.07 Å². The van der Waals surface area contributed by atoms with E-state index < -0.39 is 23.3 Å². The number of ether oxygens (including phenoxy) is 2. The zero-order valence-corrected chi connectivity index (χ0v) is 13.1. The van der Waals surface area contributed by atoms with Crippen LogP contribution in [0.5, 0.6) is 0 Å². The Morgan fingerprint density at radius 3 is 1.81 bits per heavy atom. The maximum atomic E-state index is 12.2. The van der Waals surface area contributed by atoms with Gasteiger partial charge in [-0.15, -0.1) is 0 Å². The summed E-state index contributed by atoms with van der Waals surface area (Å²) < 4.78 is 33.7. The van der Waals surface area contributed by atoms with Crippen LogP contribution in [-0.4, -0.2) is 24.4 Å². The van der Waals surface area contributed by atoms with Gasteiger partial charge in [0.05, 0.1) is 12.7 Å². The molecular formula is C15H23F2NO3. The van der Waals surface area contributed by atoms with Crippen LogP contribution in [0.3, 0.4) is 0 Å². The number of hydrogen-bond acceptors (Lipinski definition) is 3. The van der Waals surface area contributed by atoms with E-state index in [4.69, 9.17) is 10.5 Å². The lowest BCUT2D eigenvalue weighted by molar-refractivity contribution is 0.0600. The second-order valence-corrected chi connectivity index (χ2v) is 5.62. The lowest BCUT2D eigenvalue weighted by Gasteiger charge is -2.16. The van der Waals surface area contributed by atoms with Crippen molar-refractivity contribution < 1.29 is 23.0 Å². The number of hydrogen-bond donors (Lipinski definition) is 1. The number of carbonyl (C=O) groups excluding carboxylic acids is 1. The first-order chi connectivity index (χ1) is 9.49. The Labute approximate surface area is 124 Å². The second-order valence-electron chi connectivity index (χ2n) is 5.62. The Morgan fingerprint density at radius 2 is 1.67 bits per heavy atom. The van der Waals surface area contributed by atoms with Gasteiger partial charge in [-0.2, -0.15) is 0 Å². The standard InChI is InChI=1S/C7H6F2.C5H11NO2.C3H6O/c1-5-2-6(8)4-7(9)3-5;1-5(2,3)8-4(6)7;1-3-2-4-3/h2-4H,1H3;1-3H3,(H2,6,7);3H,2H2,1H3/t;;3-/m..0/s1. The number of amides is 1. The molecule has 0 unspecified atom stereocenters. The summed E-state index contributed by atoms with van der Waals surface area (Å²) in [6.07, 6.45) is -0.141. The van der Waals surface area contributed by atoms with E-state index in [1.54, 1.807) is 27.7 Å². The van der Waals surface area contributed by atoms with Gasteiger partial charge in [0.15, 0.2) is 0 Å². The van der Waals surface area contributed by atoms with E-state index in [0.717, 1.165) is 12.7 Å². The number of aryl methyl sites for hydroxylation is 1. The van der Waals surface area contributed by atoms with Crippen LogP contribution in [0.15, 0.2) is 18.2 Å². The van der Waals surface area contributed by atoms with Gasteiger partial charge in [0.25, 0.3) is 0 Å². The molecule has 0 aliphatic carbocycles. The molecule has 1 aliphatic heterocycles. The highest BCUT2D eigenvalue weighted by Gasteiger charge is 2.13. The summed E-state index contributed by atoms with van der Waals surface area (Å²) in [5.41, 5.74) is 4.87. The van der Waals surface area contributed by atoms with Crippen LogP contribution >= 0.6 is 0 Å². The van der Waals surface area contributed by atoms with Crippen LogP contribution in [0.25, 0.3) is 0 Å². The molecule has 1 saturated heterocycles. The van der Waals surface area contributed by atoms with Crippen molar-refractivity contribution in [1.29, 1.82) is 0 Å². The molecule has 1 heterocycles. The summed E-state index contributed by atoms with van der Waals surface area (Å²) in [4.78, 5) is 10.0. The number of halogens is 2. The van der Waals surface area contributed by atoms with Gasteiger partial charge in [0.2, 0.25) is 0 Å². The predicted octanol–water partition coefficient (Wildman–Crippen LogP) is 3.56. The van der Waals surface area contributed by atoms with Crippen molar-refractivity contribution in [3.63, 3.8) is 0 Å². The summed E-state index contributed by atoms with van der Waals surface area (Å²) in [5, 5.41) is 0. The van der Waals surface area contributed by atoms with Crippen molar-refractivity contribution in [2.45, 2.75) is 46.3 Å². The van der Waals surface area contributed by atoms with Crippen LogP contribution < -0.4 is 5.73 Å². The predicted molar refractivity (Wildman–Crippen MR) is 76.9 cm³/mol. The third kappa shape index (κ3) is 14.5. The highest BCUT2D eigenvalue weighted by molar-refractivity contribution is 5.65. The van der Waals surface area contributed by atoms with E-state index >= 15 is 0 Å². The van der Waals surface area contributed by atoms with Crippen LogP contribution in [0.4, 0.5) is 13.6 Å². The highest BCUT2D eigenvalue weighted by atomic mass is 19.1. The molecule has 0 saturated carbocycles. The topological polar surface area (TPSA) is 64.8 Å². The smallest absolute Gasteiger partial charge is 0.405 e. The minimum Gasteiger partial charge on any atom is -0.444 e. The van der Waals surface area contributed by atoms with Crippen molar-refractivity contribution in [2.24, 2.45) is 5.73 Å². The van der Waals surface area contributed by atoms with Gasteiger partial charge < -0.3 is 15.2 Å². The van der Waals surface area contributed by atoms with Crippen LogP contribution in [0.1, 0.15) is 33.3 Å². The van der Waals surface area contributed by atoms with Crippen molar-refractivity contribution in [2.75, 3.05) is 6.61 Å². The quantitative estimate of drug-likeness (QED) is 0.745. The maximum Gasteiger partial charge on any atom is 0.405 e. The molecule has 1 fully saturated rings. The van der Waals surface area contributed by atoms with Crippen LogP contribution in [-0.2, 0) is 9.47 Å². The average Bonchev–Trinajstić information content (AvgIpc) is 2.95. The fraction of sp³-hybridized carbons (Fsp3) is 0.533. The highest BCUT2D eigenvalue weighted by Crippen LogP contribution is 2.06. The molecule has 1 aromatic carbocycles. The lowest BCUT2D eigenvalue weighted by atomic mass is 10.2. The van der Waals surface area contributed by atoms with E-state index in [9.17, 15) is 13.6 Å². The van der Waals surface area contributed by atoms with Gasteiger partial charge in [-0.05, 0) is 52.3 Å². The SMILES string of the molecule is CC(C)(C)OC(N)=O.C[C@H]1CO1.Cc1cc(F)cc(F)c1. The number of carbonyl (C=O) groups is 1. The Hall–Kier alpha value is -1.69. The first kappa shape index (κ1) is 19.3. The summed E-state index contributed by atoms with van der Waals surface area (Å²) in [5.74, 6) is -1.04. The van der Waals surface area contributed by atoms with E-state index in [-0.39, 0.29) is 0 Å². The number of primary amides is 1. The van der Waals surface area contributed by atoms with E-state index in [2.05, 4.69) is 11.7 Å². The van der Waals surface area contributed by atoms with Crippen LogP contribution in [0, 0.1) is 18.6 Å². The molecule has 0 aromatic heterocycles. The van der Waals surface area contributed by atoms with Gasteiger partial charge in [-0.25, -0.2) is 13.6 Å². The summed E-state index contributed by atoms with van der Waals surface area (Å²) in [7, 11) is 0. The number of nitrogens with two attached hydrogens (primary N) is 1. The Kier molecular flexibility index (Phi) is 7.88.